The SMILES string of the molecule is COc1ccc(CNc2nc3cnc(NC4CCC(N)CC4)nc3n2C2CCCC2)cc1.Cl.Cl. The molecule has 3 aromatic rings. The lowest BCUT2D eigenvalue weighted by atomic mass is 9.92. The smallest absolute Gasteiger partial charge is 0.224 e. The summed E-state index contributed by atoms with van der Waals surface area (Å²) in [6, 6.07) is 9.27. The molecule has 4 N–H and O–H groups in total. The van der Waals surface area contributed by atoms with Gasteiger partial charge in [0.1, 0.15) is 11.3 Å². The number of anilines is 2. The highest BCUT2D eigenvalue weighted by Crippen LogP contribution is 2.35. The van der Waals surface area contributed by atoms with Crippen LogP contribution in [-0.4, -0.2) is 38.7 Å². The lowest BCUT2D eigenvalue weighted by Gasteiger charge is -2.26. The number of fused-ring (bicyclic) bond motifs is 1. The summed E-state index contributed by atoms with van der Waals surface area (Å²) in [5, 5.41) is 7.09. The first kappa shape index (κ1) is 26.3. The van der Waals surface area contributed by atoms with Crippen LogP contribution in [0.25, 0.3) is 11.2 Å². The van der Waals surface area contributed by atoms with Gasteiger partial charge in [0.15, 0.2) is 5.65 Å². The fraction of sp³-hybridized carbons (Fsp3) is 0.542. The standard InChI is InChI=1S/C24H33N7O.2ClH/c1-32-20-12-6-16(7-13-20)14-27-24-29-21-15-26-23(28-18-10-8-17(25)9-11-18)30-22(21)31(24)19-4-2-3-5-19;;/h6-7,12-13,15,17-19H,2-5,8-11,14,25H2,1H3,(H,27,29)(H,26,28,30);2*1H. The van der Waals surface area contributed by atoms with Gasteiger partial charge in [0.2, 0.25) is 11.9 Å². The molecule has 5 rings (SSSR count). The molecule has 0 atom stereocenters. The van der Waals surface area contributed by atoms with Gasteiger partial charge in [0.05, 0.1) is 13.3 Å². The number of nitrogens with zero attached hydrogens (tertiary/aromatic N) is 4. The number of benzene rings is 1. The maximum atomic E-state index is 6.06. The van der Waals surface area contributed by atoms with E-state index in [4.69, 9.17) is 20.4 Å². The summed E-state index contributed by atoms with van der Waals surface area (Å²) >= 11 is 0. The Balaban J connectivity index is 0.00000162. The fourth-order valence-electron chi connectivity index (χ4n) is 4.96. The van der Waals surface area contributed by atoms with Gasteiger partial charge in [-0.25, -0.2) is 9.97 Å². The Morgan fingerprint density at radius 2 is 1.71 bits per heavy atom. The van der Waals surface area contributed by atoms with Gasteiger partial charge in [0, 0.05) is 24.7 Å². The minimum absolute atomic E-state index is 0. The Bertz CT molecular complexity index is 1050. The minimum Gasteiger partial charge on any atom is -0.497 e. The molecule has 2 aliphatic rings. The van der Waals surface area contributed by atoms with Crippen LogP contribution in [0.2, 0.25) is 0 Å². The molecule has 0 bridgehead atoms. The van der Waals surface area contributed by atoms with Gasteiger partial charge in [-0.3, -0.25) is 4.57 Å². The summed E-state index contributed by atoms with van der Waals surface area (Å²) in [6.07, 6.45) is 10.9. The van der Waals surface area contributed by atoms with E-state index in [0.29, 0.717) is 30.6 Å². The molecule has 1 aromatic carbocycles. The highest BCUT2D eigenvalue weighted by molar-refractivity contribution is 5.85. The number of hydrogen-bond acceptors (Lipinski definition) is 7. The van der Waals surface area contributed by atoms with Crippen LogP contribution in [0, 0.1) is 0 Å². The molecule has 0 saturated heterocycles. The number of aromatic nitrogens is 4. The van der Waals surface area contributed by atoms with E-state index < -0.39 is 0 Å². The van der Waals surface area contributed by atoms with E-state index in [0.717, 1.165) is 61.4 Å². The molecule has 0 amide bonds. The molecular weight excluding hydrogens is 473 g/mol. The molecule has 2 aromatic heterocycles. The highest BCUT2D eigenvalue weighted by Gasteiger charge is 2.25. The third-order valence-corrected chi connectivity index (χ3v) is 6.84. The van der Waals surface area contributed by atoms with Crippen molar-refractivity contribution in [1.82, 2.24) is 19.5 Å². The van der Waals surface area contributed by atoms with E-state index in [1.807, 2.05) is 18.3 Å². The predicted octanol–water partition coefficient (Wildman–Crippen LogP) is 5.09. The van der Waals surface area contributed by atoms with E-state index in [1.54, 1.807) is 7.11 Å². The number of hydrogen-bond donors (Lipinski definition) is 3. The Kier molecular flexibility index (Phi) is 9.22. The van der Waals surface area contributed by atoms with Crippen LogP contribution in [0.4, 0.5) is 11.9 Å². The van der Waals surface area contributed by atoms with Gasteiger partial charge in [-0.1, -0.05) is 25.0 Å². The normalized spacial score (nSPS) is 20.4. The molecule has 0 radical (unpaired) electrons. The van der Waals surface area contributed by atoms with E-state index in [2.05, 4.69) is 32.3 Å². The summed E-state index contributed by atoms with van der Waals surface area (Å²) in [6.45, 7) is 0.695. The molecule has 2 saturated carbocycles. The van der Waals surface area contributed by atoms with Crippen LogP contribution in [0.15, 0.2) is 30.5 Å². The molecule has 0 unspecified atom stereocenters. The molecule has 10 heteroatoms. The molecule has 0 aliphatic heterocycles. The Hall–Kier alpha value is -2.29. The van der Waals surface area contributed by atoms with Crippen LogP contribution in [0.5, 0.6) is 5.75 Å². The van der Waals surface area contributed by atoms with Crippen molar-refractivity contribution in [2.24, 2.45) is 5.73 Å². The Labute approximate surface area is 213 Å². The second kappa shape index (κ2) is 11.9. The van der Waals surface area contributed by atoms with E-state index in [9.17, 15) is 0 Å². The molecule has 34 heavy (non-hydrogen) atoms. The zero-order valence-corrected chi connectivity index (χ0v) is 21.2. The molecule has 186 valence electrons. The third-order valence-electron chi connectivity index (χ3n) is 6.84. The van der Waals surface area contributed by atoms with Crippen molar-refractivity contribution in [2.75, 3.05) is 17.7 Å². The summed E-state index contributed by atoms with van der Waals surface area (Å²) in [4.78, 5) is 14.4. The van der Waals surface area contributed by atoms with Crippen molar-refractivity contribution in [1.29, 1.82) is 0 Å². The Morgan fingerprint density at radius 3 is 2.38 bits per heavy atom. The summed E-state index contributed by atoms with van der Waals surface area (Å²) in [5.74, 6) is 2.43. The average Bonchev–Trinajstić information content (AvgIpc) is 3.47. The zero-order chi connectivity index (χ0) is 21.9. The van der Waals surface area contributed by atoms with Crippen molar-refractivity contribution in [3.63, 3.8) is 0 Å². The van der Waals surface area contributed by atoms with Crippen molar-refractivity contribution in [3.8, 4) is 5.75 Å². The van der Waals surface area contributed by atoms with Crippen LogP contribution in [0.3, 0.4) is 0 Å². The maximum Gasteiger partial charge on any atom is 0.224 e. The lowest BCUT2D eigenvalue weighted by Crippen LogP contribution is -2.33. The molecular formula is C24H35Cl2N7O. The lowest BCUT2D eigenvalue weighted by molar-refractivity contribution is 0.410. The predicted molar refractivity (Wildman–Crippen MR) is 141 cm³/mol. The second-order valence-electron chi connectivity index (χ2n) is 9.10. The number of imidazole rings is 1. The molecule has 8 nitrogen and oxygen atoms in total. The van der Waals surface area contributed by atoms with E-state index >= 15 is 0 Å². The second-order valence-corrected chi connectivity index (χ2v) is 9.10. The first-order valence-electron chi connectivity index (χ1n) is 11.8. The van der Waals surface area contributed by atoms with Crippen molar-refractivity contribution >= 4 is 47.9 Å². The summed E-state index contributed by atoms with van der Waals surface area (Å²) in [7, 11) is 1.69. The molecule has 0 spiro atoms. The zero-order valence-electron chi connectivity index (χ0n) is 19.6. The number of rotatable bonds is 7. The van der Waals surface area contributed by atoms with E-state index in [-0.39, 0.29) is 24.8 Å². The largest absolute Gasteiger partial charge is 0.497 e. The molecule has 2 aliphatic carbocycles. The van der Waals surface area contributed by atoms with Crippen LogP contribution >= 0.6 is 24.8 Å². The number of nitrogens with one attached hydrogen (secondary N) is 2. The average molecular weight is 508 g/mol. The quantitative estimate of drug-likeness (QED) is 0.409. The number of nitrogens with two attached hydrogens (primary N) is 1. The van der Waals surface area contributed by atoms with Crippen LogP contribution in [-0.2, 0) is 6.54 Å². The first-order chi connectivity index (χ1) is 15.7. The third kappa shape index (κ3) is 5.85. The number of ether oxygens (including phenoxy) is 1. The minimum atomic E-state index is 0. The van der Waals surface area contributed by atoms with Gasteiger partial charge < -0.3 is 21.1 Å². The molecule has 2 fully saturated rings. The topological polar surface area (TPSA) is 103 Å². The maximum absolute atomic E-state index is 6.06. The van der Waals surface area contributed by atoms with Crippen LogP contribution in [0.1, 0.15) is 63.0 Å². The van der Waals surface area contributed by atoms with E-state index in [1.165, 1.54) is 18.4 Å². The number of methoxy groups -OCH3 is 1. The van der Waals surface area contributed by atoms with Crippen molar-refractivity contribution in [3.05, 3.63) is 36.0 Å². The van der Waals surface area contributed by atoms with Gasteiger partial charge in [-0.2, -0.15) is 4.98 Å². The summed E-state index contributed by atoms with van der Waals surface area (Å²) < 4.78 is 7.57. The van der Waals surface area contributed by atoms with Crippen LogP contribution < -0.4 is 21.1 Å². The fourth-order valence-corrected chi connectivity index (χ4v) is 4.96. The van der Waals surface area contributed by atoms with Crippen molar-refractivity contribution < 1.29 is 4.74 Å². The highest BCUT2D eigenvalue weighted by atomic mass is 35.5. The van der Waals surface area contributed by atoms with Gasteiger partial charge in [-0.15, -0.1) is 24.8 Å². The van der Waals surface area contributed by atoms with Gasteiger partial charge >= 0.3 is 0 Å². The number of halogens is 2. The van der Waals surface area contributed by atoms with Crippen molar-refractivity contribution in [2.45, 2.75) is 76.0 Å². The first-order valence-corrected chi connectivity index (χ1v) is 11.8. The van der Waals surface area contributed by atoms with Gasteiger partial charge in [0.25, 0.3) is 0 Å². The Morgan fingerprint density at radius 1 is 1.00 bits per heavy atom. The monoisotopic (exact) mass is 507 g/mol. The van der Waals surface area contributed by atoms with Gasteiger partial charge in [-0.05, 0) is 56.2 Å². The molecule has 2 heterocycles. The summed E-state index contributed by atoms with van der Waals surface area (Å²) in [5.41, 5.74) is 8.99.